The quantitative estimate of drug-likeness (QED) is 0.749. The van der Waals surface area contributed by atoms with Crippen LogP contribution in [0.15, 0.2) is 17.2 Å². The Hall–Kier alpha value is -1.36. The molecule has 1 atom stereocenters. The molecule has 1 aromatic rings. The minimum absolute atomic E-state index is 0.0611. The van der Waals surface area contributed by atoms with Gasteiger partial charge in [-0.3, -0.25) is 4.79 Å². The second kappa shape index (κ2) is 6.27. The molecule has 16 heavy (non-hydrogen) atoms. The van der Waals surface area contributed by atoms with E-state index in [-0.39, 0.29) is 11.6 Å². The second-order valence-corrected chi connectivity index (χ2v) is 3.97. The normalized spacial score (nSPS) is 12.4. The van der Waals surface area contributed by atoms with Crippen LogP contribution in [-0.2, 0) is 6.54 Å². The molecule has 0 aromatic carbocycles. The first kappa shape index (κ1) is 12.7. The molecule has 0 saturated carbocycles. The highest BCUT2D eigenvalue weighted by Gasteiger charge is 2.03. The van der Waals surface area contributed by atoms with Crippen molar-refractivity contribution in [2.24, 2.45) is 5.73 Å². The zero-order chi connectivity index (χ0) is 12.0. The summed E-state index contributed by atoms with van der Waals surface area (Å²) in [6, 6.07) is 0.133. The Morgan fingerprint density at radius 3 is 3.00 bits per heavy atom. The van der Waals surface area contributed by atoms with Crippen LogP contribution < -0.4 is 16.6 Å². The molecule has 90 valence electrons. The molecule has 3 N–H and O–H groups in total. The minimum Gasteiger partial charge on any atom is -0.365 e. The molecule has 0 bridgehead atoms. The van der Waals surface area contributed by atoms with Gasteiger partial charge in [0, 0.05) is 31.5 Å². The molecule has 0 radical (unpaired) electrons. The van der Waals surface area contributed by atoms with E-state index in [0.717, 1.165) is 19.4 Å². The van der Waals surface area contributed by atoms with Crippen LogP contribution in [0.2, 0.25) is 0 Å². The fraction of sp³-hybridized carbons (Fsp3) is 0.636. The molecule has 5 heteroatoms. The summed E-state index contributed by atoms with van der Waals surface area (Å²) in [6.45, 7) is 5.38. The van der Waals surface area contributed by atoms with Crippen molar-refractivity contribution in [3.05, 3.63) is 22.7 Å². The molecule has 0 aliphatic rings. The number of nitrogens with one attached hydrogen (secondary N) is 1. The summed E-state index contributed by atoms with van der Waals surface area (Å²) in [5.41, 5.74) is 5.57. The maximum absolute atomic E-state index is 11.8. The summed E-state index contributed by atoms with van der Waals surface area (Å²) in [4.78, 5) is 15.9. The molecule has 0 spiro atoms. The van der Waals surface area contributed by atoms with E-state index in [1.54, 1.807) is 17.0 Å². The number of aryl methyl sites for hydroxylation is 1. The predicted molar refractivity (Wildman–Crippen MR) is 65.5 cm³/mol. The van der Waals surface area contributed by atoms with Gasteiger partial charge in [0.1, 0.15) is 0 Å². The van der Waals surface area contributed by atoms with Gasteiger partial charge in [0.15, 0.2) is 5.82 Å². The minimum atomic E-state index is -0.0611. The molecule has 0 aliphatic heterocycles. The topological polar surface area (TPSA) is 72.9 Å². The molecule has 5 nitrogen and oxygen atoms in total. The van der Waals surface area contributed by atoms with E-state index in [2.05, 4.69) is 10.3 Å². The van der Waals surface area contributed by atoms with Crippen LogP contribution in [0.25, 0.3) is 0 Å². The van der Waals surface area contributed by atoms with Crippen molar-refractivity contribution in [1.29, 1.82) is 0 Å². The van der Waals surface area contributed by atoms with Gasteiger partial charge in [-0.2, -0.15) is 0 Å². The lowest BCUT2D eigenvalue weighted by atomic mass is 10.2. The first-order valence-electron chi connectivity index (χ1n) is 5.70. The summed E-state index contributed by atoms with van der Waals surface area (Å²) >= 11 is 0. The third-order valence-corrected chi connectivity index (χ3v) is 2.27. The maximum Gasteiger partial charge on any atom is 0.293 e. The standard InChI is InChI=1S/C11H20N4O/c1-3-7-15-8-6-14-10(11(15)16)13-5-4-9(2)12/h6,8-9H,3-5,7,12H2,1-2H3,(H,13,14). The average molecular weight is 224 g/mol. The lowest BCUT2D eigenvalue weighted by Gasteiger charge is -2.09. The van der Waals surface area contributed by atoms with Gasteiger partial charge < -0.3 is 15.6 Å². The highest BCUT2D eigenvalue weighted by atomic mass is 16.1. The zero-order valence-corrected chi connectivity index (χ0v) is 9.94. The second-order valence-electron chi connectivity index (χ2n) is 3.97. The van der Waals surface area contributed by atoms with Crippen molar-refractivity contribution >= 4 is 5.82 Å². The monoisotopic (exact) mass is 224 g/mol. The van der Waals surface area contributed by atoms with Crippen LogP contribution in [0, 0.1) is 0 Å². The summed E-state index contributed by atoms with van der Waals surface area (Å²) in [5.74, 6) is 0.414. The third-order valence-electron chi connectivity index (χ3n) is 2.27. The molecule has 0 fully saturated rings. The number of anilines is 1. The Labute approximate surface area is 95.7 Å². The number of hydrogen-bond acceptors (Lipinski definition) is 4. The molecular weight excluding hydrogens is 204 g/mol. The molecular formula is C11H20N4O. The number of rotatable bonds is 6. The fourth-order valence-electron chi connectivity index (χ4n) is 1.40. The first-order chi connectivity index (χ1) is 7.65. The maximum atomic E-state index is 11.8. The Kier molecular flexibility index (Phi) is 4.98. The summed E-state index contributed by atoms with van der Waals surface area (Å²) in [5, 5.41) is 3.02. The largest absolute Gasteiger partial charge is 0.365 e. The van der Waals surface area contributed by atoms with Crippen molar-refractivity contribution in [2.45, 2.75) is 39.3 Å². The van der Waals surface area contributed by atoms with Gasteiger partial charge >= 0.3 is 0 Å². The summed E-state index contributed by atoms with van der Waals surface area (Å²) in [6.07, 6.45) is 5.11. The van der Waals surface area contributed by atoms with Gasteiger partial charge in [0.25, 0.3) is 5.56 Å². The molecule has 1 rings (SSSR count). The SMILES string of the molecule is CCCn1ccnc(NCCC(C)N)c1=O. The van der Waals surface area contributed by atoms with Crippen LogP contribution in [-0.4, -0.2) is 22.1 Å². The fourth-order valence-corrected chi connectivity index (χ4v) is 1.40. The van der Waals surface area contributed by atoms with Gasteiger partial charge in [0.05, 0.1) is 0 Å². The lowest BCUT2D eigenvalue weighted by Crippen LogP contribution is -2.26. The van der Waals surface area contributed by atoms with Crippen LogP contribution in [0.4, 0.5) is 5.82 Å². The highest BCUT2D eigenvalue weighted by molar-refractivity contribution is 5.30. The Balaban J connectivity index is 2.66. The molecule has 0 aliphatic carbocycles. The van der Waals surface area contributed by atoms with Crippen LogP contribution in [0.5, 0.6) is 0 Å². The van der Waals surface area contributed by atoms with Crippen molar-refractivity contribution in [3.8, 4) is 0 Å². The Morgan fingerprint density at radius 1 is 1.62 bits per heavy atom. The molecule has 0 amide bonds. The van der Waals surface area contributed by atoms with Crippen LogP contribution in [0.3, 0.4) is 0 Å². The van der Waals surface area contributed by atoms with Crippen LogP contribution >= 0.6 is 0 Å². The van der Waals surface area contributed by atoms with Gasteiger partial charge in [0.2, 0.25) is 0 Å². The number of aromatic nitrogens is 2. The predicted octanol–water partition coefficient (Wildman–Crippen LogP) is 0.802. The van der Waals surface area contributed by atoms with Gasteiger partial charge in [-0.05, 0) is 19.8 Å². The molecule has 0 saturated heterocycles. The molecule has 1 aromatic heterocycles. The zero-order valence-electron chi connectivity index (χ0n) is 9.94. The van der Waals surface area contributed by atoms with E-state index in [9.17, 15) is 4.79 Å². The third kappa shape index (κ3) is 3.66. The van der Waals surface area contributed by atoms with Crippen LogP contribution in [0.1, 0.15) is 26.7 Å². The van der Waals surface area contributed by atoms with E-state index in [4.69, 9.17) is 5.73 Å². The number of hydrogen-bond donors (Lipinski definition) is 2. The van der Waals surface area contributed by atoms with Gasteiger partial charge in [-0.1, -0.05) is 6.92 Å². The Morgan fingerprint density at radius 2 is 2.38 bits per heavy atom. The lowest BCUT2D eigenvalue weighted by molar-refractivity contribution is 0.646. The van der Waals surface area contributed by atoms with Crippen molar-refractivity contribution in [2.75, 3.05) is 11.9 Å². The smallest absolute Gasteiger partial charge is 0.293 e. The number of nitrogens with two attached hydrogens (primary N) is 1. The first-order valence-corrected chi connectivity index (χ1v) is 5.70. The van der Waals surface area contributed by atoms with Gasteiger partial charge in [-0.15, -0.1) is 0 Å². The van der Waals surface area contributed by atoms with Crippen molar-refractivity contribution < 1.29 is 0 Å². The Bertz CT molecular complexity index is 372. The van der Waals surface area contributed by atoms with E-state index in [1.807, 2.05) is 13.8 Å². The average Bonchev–Trinajstić information content (AvgIpc) is 2.23. The highest BCUT2D eigenvalue weighted by Crippen LogP contribution is 1.95. The summed E-state index contributed by atoms with van der Waals surface area (Å²) < 4.78 is 1.67. The van der Waals surface area contributed by atoms with Crippen molar-refractivity contribution in [1.82, 2.24) is 9.55 Å². The number of nitrogens with zero attached hydrogens (tertiary/aromatic N) is 2. The van der Waals surface area contributed by atoms with Crippen molar-refractivity contribution in [3.63, 3.8) is 0 Å². The van der Waals surface area contributed by atoms with E-state index in [1.165, 1.54) is 0 Å². The molecule has 1 heterocycles. The van der Waals surface area contributed by atoms with E-state index in [0.29, 0.717) is 12.4 Å². The van der Waals surface area contributed by atoms with E-state index < -0.39 is 0 Å². The van der Waals surface area contributed by atoms with E-state index >= 15 is 0 Å². The van der Waals surface area contributed by atoms with Gasteiger partial charge in [-0.25, -0.2) is 4.98 Å². The summed E-state index contributed by atoms with van der Waals surface area (Å²) in [7, 11) is 0. The molecule has 1 unspecified atom stereocenters.